The molecule has 2 heterocycles. The number of nitrogens with one attached hydrogen (secondary N) is 1. The van der Waals surface area contributed by atoms with Gasteiger partial charge in [-0.3, -0.25) is 0 Å². The van der Waals surface area contributed by atoms with Gasteiger partial charge in [0.2, 0.25) is 5.95 Å². The summed E-state index contributed by atoms with van der Waals surface area (Å²) in [4.78, 5) is 13.0. The average molecular weight is 361 g/mol. The second-order valence-corrected chi connectivity index (χ2v) is 6.49. The Morgan fingerprint density at radius 1 is 1.11 bits per heavy atom. The van der Waals surface area contributed by atoms with E-state index in [-0.39, 0.29) is 6.61 Å². The number of hydrogen-bond acceptors (Lipinski definition) is 6. The van der Waals surface area contributed by atoms with Gasteiger partial charge in [-0.1, -0.05) is 65.3 Å². The third-order valence-electron chi connectivity index (χ3n) is 4.54. The molecule has 1 atom stereocenters. The van der Waals surface area contributed by atoms with Gasteiger partial charge in [0.15, 0.2) is 0 Å². The lowest BCUT2D eigenvalue weighted by atomic mass is 9.95. The smallest absolute Gasteiger partial charge is 0.338 e. The summed E-state index contributed by atoms with van der Waals surface area (Å²) >= 11 is 0. The van der Waals surface area contributed by atoms with Crippen molar-refractivity contribution >= 4 is 11.9 Å². The molecule has 0 spiro atoms. The van der Waals surface area contributed by atoms with Crippen LogP contribution in [-0.4, -0.2) is 26.2 Å². The topological polar surface area (TPSA) is 81.9 Å². The maximum atomic E-state index is 13.0. The zero-order valence-corrected chi connectivity index (χ0v) is 15.1. The van der Waals surface area contributed by atoms with Crippen LogP contribution in [0, 0.1) is 6.92 Å². The van der Waals surface area contributed by atoms with Crippen LogP contribution < -0.4 is 5.32 Å². The summed E-state index contributed by atoms with van der Waals surface area (Å²) in [6.45, 7) is 4.06. The average Bonchev–Trinajstić information content (AvgIpc) is 3.14. The minimum atomic E-state index is -0.444. The molecular weight excluding hydrogens is 342 g/mol. The highest BCUT2D eigenvalue weighted by Crippen LogP contribution is 2.35. The molecule has 1 aliphatic heterocycles. The lowest BCUT2D eigenvalue weighted by Crippen LogP contribution is -2.29. The van der Waals surface area contributed by atoms with Gasteiger partial charge in [0, 0.05) is 5.70 Å². The fraction of sp³-hybridized carbons (Fsp3) is 0.200. The fourth-order valence-corrected chi connectivity index (χ4v) is 3.13. The van der Waals surface area contributed by atoms with Crippen LogP contribution in [0.2, 0.25) is 0 Å². The highest BCUT2D eigenvalue weighted by Gasteiger charge is 2.34. The summed E-state index contributed by atoms with van der Waals surface area (Å²) < 4.78 is 7.19. The molecule has 0 bridgehead atoms. The fourth-order valence-electron chi connectivity index (χ4n) is 3.13. The number of allylic oxidation sites excluding steroid dienone is 1. The zero-order chi connectivity index (χ0) is 18.8. The molecule has 1 N–H and O–H groups in total. The summed E-state index contributed by atoms with van der Waals surface area (Å²) in [5.41, 5.74) is 4.17. The molecule has 3 aromatic rings. The first kappa shape index (κ1) is 17.0. The number of hydrogen-bond donors (Lipinski definition) is 1. The molecule has 1 aliphatic rings. The van der Waals surface area contributed by atoms with Crippen molar-refractivity contribution in [2.75, 3.05) is 5.32 Å². The molecule has 0 saturated heterocycles. The molecule has 2 aromatic carbocycles. The Hall–Kier alpha value is -3.48. The van der Waals surface area contributed by atoms with Crippen LogP contribution in [0.4, 0.5) is 5.95 Å². The predicted octanol–water partition coefficient (Wildman–Crippen LogP) is 3.01. The Morgan fingerprint density at radius 3 is 2.59 bits per heavy atom. The highest BCUT2D eigenvalue weighted by molar-refractivity contribution is 5.92. The van der Waals surface area contributed by atoms with E-state index in [4.69, 9.17) is 4.74 Å². The van der Waals surface area contributed by atoms with Crippen LogP contribution in [0.3, 0.4) is 0 Å². The van der Waals surface area contributed by atoms with E-state index in [0.717, 1.165) is 16.7 Å². The van der Waals surface area contributed by atoms with Crippen molar-refractivity contribution in [3.05, 3.63) is 82.6 Å². The SMILES string of the molecule is CC1=C(C(=O)OCc2ccccc2)C(c2ccc(C)cc2)n2nnnc2N1. The van der Waals surface area contributed by atoms with Crippen LogP contribution in [0.15, 0.2) is 65.9 Å². The standard InChI is InChI=1S/C20H19N5O2/c1-13-8-10-16(11-9-13)18-17(14(2)21-20-22-23-24-25(18)20)19(26)27-12-15-6-4-3-5-7-15/h3-11,18H,12H2,1-2H3,(H,21,22,24). The van der Waals surface area contributed by atoms with Gasteiger partial charge in [0.25, 0.3) is 0 Å². The highest BCUT2D eigenvalue weighted by atomic mass is 16.5. The zero-order valence-electron chi connectivity index (χ0n) is 15.1. The summed E-state index contributed by atoms with van der Waals surface area (Å²) in [7, 11) is 0. The molecule has 27 heavy (non-hydrogen) atoms. The first-order valence-corrected chi connectivity index (χ1v) is 8.67. The van der Waals surface area contributed by atoms with Gasteiger partial charge in [0.1, 0.15) is 12.6 Å². The first-order chi connectivity index (χ1) is 13.1. The number of esters is 1. The number of anilines is 1. The van der Waals surface area contributed by atoms with E-state index >= 15 is 0 Å². The maximum absolute atomic E-state index is 13.0. The number of rotatable bonds is 4. The molecule has 0 saturated carbocycles. The van der Waals surface area contributed by atoms with Crippen LogP contribution in [-0.2, 0) is 16.1 Å². The Bertz CT molecular complexity index is 993. The van der Waals surface area contributed by atoms with Gasteiger partial charge in [-0.15, -0.1) is 0 Å². The molecule has 0 radical (unpaired) electrons. The van der Waals surface area contributed by atoms with Gasteiger partial charge in [-0.25, -0.2) is 4.79 Å². The second kappa shape index (κ2) is 7.03. The van der Waals surface area contributed by atoms with Gasteiger partial charge in [-0.05, 0) is 35.4 Å². The van der Waals surface area contributed by atoms with E-state index in [9.17, 15) is 4.79 Å². The molecule has 0 amide bonds. The quantitative estimate of drug-likeness (QED) is 0.720. The summed E-state index contributed by atoms with van der Waals surface area (Å²) in [6.07, 6.45) is 0. The van der Waals surface area contributed by atoms with E-state index in [2.05, 4.69) is 20.8 Å². The van der Waals surface area contributed by atoms with Crippen LogP contribution in [0.1, 0.15) is 29.7 Å². The second-order valence-electron chi connectivity index (χ2n) is 6.49. The number of carbonyl (C=O) groups excluding carboxylic acids is 1. The van der Waals surface area contributed by atoms with Gasteiger partial charge in [-0.2, -0.15) is 4.68 Å². The predicted molar refractivity (Wildman–Crippen MR) is 99.7 cm³/mol. The minimum absolute atomic E-state index is 0.208. The largest absolute Gasteiger partial charge is 0.457 e. The Balaban J connectivity index is 1.67. The first-order valence-electron chi connectivity index (χ1n) is 8.67. The third kappa shape index (κ3) is 3.31. The van der Waals surface area contributed by atoms with Gasteiger partial charge in [0.05, 0.1) is 5.57 Å². The van der Waals surface area contributed by atoms with E-state index < -0.39 is 12.0 Å². The van der Waals surface area contributed by atoms with Crippen molar-refractivity contribution in [3.63, 3.8) is 0 Å². The number of aromatic nitrogens is 4. The number of carbonyl (C=O) groups is 1. The molecule has 1 unspecified atom stereocenters. The summed E-state index contributed by atoms with van der Waals surface area (Å²) in [6, 6.07) is 17.1. The van der Waals surface area contributed by atoms with E-state index in [1.54, 1.807) is 4.68 Å². The Labute approximate surface area is 156 Å². The lowest BCUT2D eigenvalue weighted by Gasteiger charge is -2.27. The van der Waals surface area contributed by atoms with Crippen molar-refractivity contribution < 1.29 is 9.53 Å². The Kier molecular flexibility index (Phi) is 4.42. The van der Waals surface area contributed by atoms with Crippen LogP contribution >= 0.6 is 0 Å². The Morgan fingerprint density at radius 2 is 1.85 bits per heavy atom. The molecule has 136 valence electrons. The molecule has 7 heteroatoms. The molecule has 7 nitrogen and oxygen atoms in total. The van der Waals surface area contributed by atoms with E-state index in [1.165, 1.54) is 0 Å². The molecule has 4 rings (SSSR count). The van der Waals surface area contributed by atoms with E-state index in [0.29, 0.717) is 17.2 Å². The lowest BCUT2D eigenvalue weighted by molar-refractivity contribution is -0.140. The van der Waals surface area contributed by atoms with Crippen molar-refractivity contribution in [1.82, 2.24) is 20.2 Å². The van der Waals surface area contributed by atoms with Crippen molar-refractivity contribution in [2.24, 2.45) is 0 Å². The molecule has 1 aromatic heterocycles. The number of aryl methyl sites for hydroxylation is 1. The third-order valence-corrected chi connectivity index (χ3v) is 4.54. The summed E-state index contributed by atoms with van der Waals surface area (Å²) in [5, 5.41) is 14.9. The maximum Gasteiger partial charge on any atom is 0.338 e. The number of ether oxygens (including phenoxy) is 1. The van der Waals surface area contributed by atoms with Crippen molar-refractivity contribution in [1.29, 1.82) is 0 Å². The number of benzene rings is 2. The van der Waals surface area contributed by atoms with Crippen LogP contribution in [0.25, 0.3) is 0 Å². The van der Waals surface area contributed by atoms with Crippen molar-refractivity contribution in [3.8, 4) is 0 Å². The summed E-state index contributed by atoms with van der Waals surface area (Å²) in [5.74, 6) is 0.105. The molecular formula is C20H19N5O2. The number of tetrazole rings is 1. The number of fused-ring (bicyclic) bond motifs is 1. The van der Waals surface area contributed by atoms with Crippen molar-refractivity contribution in [2.45, 2.75) is 26.5 Å². The minimum Gasteiger partial charge on any atom is -0.457 e. The molecule has 0 aliphatic carbocycles. The normalized spacial score (nSPS) is 15.9. The van der Waals surface area contributed by atoms with Gasteiger partial charge < -0.3 is 10.1 Å². The monoisotopic (exact) mass is 361 g/mol. The number of nitrogens with zero attached hydrogens (tertiary/aromatic N) is 4. The van der Waals surface area contributed by atoms with Gasteiger partial charge >= 0.3 is 5.97 Å². The van der Waals surface area contributed by atoms with E-state index in [1.807, 2.05) is 68.4 Å². The van der Waals surface area contributed by atoms with Crippen LogP contribution in [0.5, 0.6) is 0 Å². The molecule has 0 fully saturated rings.